The van der Waals surface area contributed by atoms with Crippen molar-refractivity contribution in [2.45, 2.75) is 45.4 Å². The molecule has 0 amide bonds. The van der Waals surface area contributed by atoms with Gasteiger partial charge in [0.2, 0.25) is 0 Å². The molecule has 3 rings (SSSR count). The van der Waals surface area contributed by atoms with Crippen molar-refractivity contribution in [3.05, 3.63) is 11.1 Å². The zero-order valence-corrected chi connectivity index (χ0v) is 9.75. The molecule has 3 aliphatic carbocycles. The maximum Gasteiger partial charge on any atom is 0.141 e. The van der Waals surface area contributed by atoms with E-state index >= 15 is 0 Å². The SMILES string of the molecule is CC12CCC(=O)C1C(C#N)=C1CCCCC12. The van der Waals surface area contributed by atoms with Gasteiger partial charge in [-0.2, -0.15) is 5.26 Å². The molecule has 16 heavy (non-hydrogen) atoms. The quantitative estimate of drug-likeness (QED) is 0.623. The second-order valence-electron chi connectivity index (χ2n) is 5.75. The molecule has 0 aromatic heterocycles. The summed E-state index contributed by atoms with van der Waals surface area (Å²) in [4.78, 5) is 12.0. The smallest absolute Gasteiger partial charge is 0.141 e. The molecule has 2 saturated carbocycles. The molecule has 3 unspecified atom stereocenters. The zero-order valence-electron chi connectivity index (χ0n) is 9.75. The van der Waals surface area contributed by atoms with E-state index in [2.05, 4.69) is 13.0 Å². The van der Waals surface area contributed by atoms with E-state index in [9.17, 15) is 10.1 Å². The van der Waals surface area contributed by atoms with Crippen LogP contribution in [-0.2, 0) is 4.79 Å². The average molecular weight is 215 g/mol. The summed E-state index contributed by atoms with van der Waals surface area (Å²) in [7, 11) is 0. The van der Waals surface area contributed by atoms with Crippen molar-refractivity contribution in [3.8, 4) is 6.07 Å². The fraction of sp³-hybridized carbons (Fsp3) is 0.714. The van der Waals surface area contributed by atoms with Crippen LogP contribution in [-0.4, -0.2) is 5.78 Å². The number of hydrogen-bond acceptors (Lipinski definition) is 2. The molecule has 0 aromatic carbocycles. The largest absolute Gasteiger partial charge is 0.299 e. The van der Waals surface area contributed by atoms with Gasteiger partial charge in [0.25, 0.3) is 0 Å². The van der Waals surface area contributed by atoms with E-state index in [-0.39, 0.29) is 11.3 Å². The second-order valence-corrected chi connectivity index (χ2v) is 5.75. The molecule has 84 valence electrons. The molecule has 0 spiro atoms. The van der Waals surface area contributed by atoms with Gasteiger partial charge in [-0.05, 0) is 37.0 Å². The highest BCUT2D eigenvalue weighted by molar-refractivity contribution is 5.89. The lowest BCUT2D eigenvalue weighted by Crippen LogP contribution is -2.29. The van der Waals surface area contributed by atoms with Gasteiger partial charge in [-0.15, -0.1) is 0 Å². The fourth-order valence-corrected chi connectivity index (χ4v) is 4.30. The van der Waals surface area contributed by atoms with Crippen LogP contribution >= 0.6 is 0 Å². The van der Waals surface area contributed by atoms with E-state index in [1.54, 1.807) is 0 Å². The molecule has 2 nitrogen and oxygen atoms in total. The Hall–Kier alpha value is -1.10. The van der Waals surface area contributed by atoms with Crippen LogP contribution < -0.4 is 0 Å². The normalized spacial score (nSPS) is 41.9. The van der Waals surface area contributed by atoms with Gasteiger partial charge >= 0.3 is 0 Å². The Bertz CT molecular complexity index is 429. The van der Waals surface area contributed by atoms with Crippen molar-refractivity contribution in [1.29, 1.82) is 5.26 Å². The molecule has 0 heterocycles. The zero-order chi connectivity index (χ0) is 11.3. The van der Waals surface area contributed by atoms with E-state index in [1.165, 1.54) is 24.8 Å². The summed E-state index contributed by atoms with van der Waals surface area (Å²) in [5, 5.41) is 9.32. The molecular formula is C14H17NO. The standard InChI is InChI=1S/C14H17NO/c1-14-7-6-12(16)13(14)10(8-15)9-4-2-3-5-11(9)14/h11,13H,2-7H2,1H3. The lowest BCUT2D eigenvalue weighted by Gasteiger charge is -2.35. The van der Waals surface area contributed by atoms with Crippen molar-refractivity contribution < 1.29 is 4.79 Å². The minimum Gasteiger partial charge on any atom is -0.299 e. The third-order valence-corrected chi connectivity index (χ3v) is 5.05. The molecule has 0 radical (unpaired) electrons. The monoisotopic (exact) mass is 215 g/mol. The highest BCUT2D eigenvalue weighted by Gasteiger charge is 2.57. The molecule has 0 N–H and O–H groups in total. The van der Waals surface area contributed by atoms with Gasteiger partial charge in [-0.3, -0.25) is 4.79 Å². The summed E-state index contributed by atoms with van der Waals surface area (Å²) in [6.45, 7) is 2.24. The first-order valence-electron chi connectivity index (χ1n) is 6.34. The minimum absolute atomic E-state index is 0.0457. The number of rotatable bonds is 0. The van der Waals surface area contributed by atoms with Gasteiger partial charge in [0, 0.05) is 12.0 Å². The fourth-order valence-electron chi connectivity index (χ4n) is 4.30. The Morgan fingerprint density at radius 1 is 1.38 bits per heavy atom. The van der Waals surface area contributed by atoms with Gasteiger partial charge in [0.05, 0.1) is 12.0 Å². The number of nitrogens with zero attached hydrogens (tertiary/aromatic N) is 1. The molecule has 2 fully saturated rings. The van der Waals surface area contributed by atoms with Gasteiger partial charge in [0.1, 0.15) is 5.78 Å². The van der Waals surface area contributed by atoms with Gasteiger partial charge < -0.3 is 0 Å². The van der Waals surface area contributed by atoms with Crippen LogP contribution in [0, 0.1) is 28.6 Å². The summed E-state index contributed by atoms with van der Waals surface area (Å²) in [5.41, 5.74) is 2.29. The van der Waals surface area contributed by atoms with Gasteiger partial charge in [-0.25, -0.2) is 0 Å². The van der Waals surface area contributed by atoms with Crippen LogP contribution in [0.1, 0.15) is 45.4 Å². The van der Waals surface area contributed by atoms with Crippen LogP contribution in [0.3, 0.4) is 0 Å². The van der Waals surface area contributed by atoms with Crippen LogP contribution in [0.2, 0.25) is 0 Å². The molecule has 0 aliphatic heterocycles. The predicted molar refractivity (Wildman–Crippen MR) is 60.4 cm³/mol. The lowest BCUT2D eigenvalue weighted by atomic mass is 9.68. The number of carbonyl (C=O) groups is 1. The molecule has 0 saturated heterocycles. The number of hydrogen-bond donors (Lipinski definition) is 0. The summed E-state index contributed by atoms with van der Waals surface area (Å²) in [6, 6.07) is 2.35. The molecular weight excluding hydrogens is 198 g/mol. The number of carbonyl (C=O) groups excluding carboxylic acids is 1. The number of allylic oxidation sites excluding steroid dienone is 2. The topological polar surface area (TPSA) is 40.9 Å². The third-order valence-electron chi connectivity index (χ3n) is 5.05. The lowest BCUT2D eigenvalue weighted by molar-refractivity contribution is -0.120. The van der Waals surface area contributed by atoms with Crippen LogP contribution in [0.15, 0.2) is 11.1 Å². The number of nitriles is 1. The number of fused-ring (bicyclic) bond motifs is 3. The maximum atomic E-state index is 12.0. The minimum atomic E-state index is -0.0457. The average Bonchev–Trinajstić information content (AvgIpc) is 2.73. The Morgan fingerprint density at radius 3 is 2.94 bits per heavy atom. The highest BCUT2D eigenvalue weighted by Crippen LogP contribution is 2.61. The van der Waals surface area contributed by atoms with Crippen LogP contribution in [0.25, 0.3) is 0 Å². The van der Waals surface area contributed by atoms with Crippen molar-refractivity contribution in [3.63, 3.8) is 0 Å². The number of ketones is 1. The van der Waals surface area contributed by atoms with Crippen molar-refractivity contribution in [2.24, 2.45) is 17.3 Å². The highest BCUT2D eigenvalue weighted by atomic mass is 16.1. The first kappa shape index (κ1) is 10.1. The van der Waals surface area contributed by atoms with E-state index in [0.29, 0.717) is 18.1 Å². The maximum absolute atomic E-state index is 12.0. The van der Waals surface area contributed by atoms with Crippen LogP contribution in [0.5, 0.6) is 0 Å². The van der Waals surface area contributed by atoms with E-state index < -0.39 is 0 Å². The van der Waals surface area contributed by atoms with Crippen LogP contribution in [0.4, 0.5) is 0 Å². The molecule has 0 bridgehead atoms. The molecule has 3 atom stereocenters. The summed E-state index contributed by atoms with van der Waals surface area (Å²) in [6.07, 6.45) is 6.41. The Kier molecular flexibility index (Phi) is 2.01. The van der Waals surface area contributed by atoms with Gasteiger partial charge in [-0.1, -0.05) is 18.9 Å². The van der Waals surface area contributed by atoms with Crippen molar-refractivity contribution in [1.82, 2.24) is 0 Å². The van der Waals surface area contributed by atoms with Crippen molar-refractivity contribution >= 4 is 5.78 Å². The molecule has 3 aliphatic rings. The van der Waals surface area contributed by atoms with Crippen molar-refractivity contribution in [2.75, 3.05) is 0 Å². The Balaban J connectivity index is 2.13. The van der Waals surface area contributed by atoms with Gasteiger partial charge in [0.15, 0.2) is 0 Å². The second kappa shape index (κ2) is 3.20. The first-order valence-corrected chi connectivity index (χ1v) is 6.34. The third kappa shape index (κ3) is 1.04. The van der Waals surface area contributed by atoms with E-state index in [0.717, 1.165) is 18.4 Å². The molecule has 2 heteroatoms. The number of Topliss-reactive ketones (excluding diaryl/α,β-unsaturated/α-hetero) is 1. The first-order chi connectivity index (χ1) is 7.68. The van der Waals surface area contributed by atoms with E-state index in [1.807, 2.05) is 0 Å². The summed E-state index contributed by atoms with van der Waals surface area (Å²) in [5.74, 6) is 0.809. The van der Waals surface area contributed by atoms with E-state index in [4.69, 9.17) is 0 Å². The predicted octanol–water partition coefficient (Wildman–Crippen LogP) is 3.00. The Morgan fingerprint density at radius 2 is 2.19 bits per heavy atom. The molecule has 0 aromatic rings. The Labute approximate surface area is 96.3 Å². The summed E-state index contributed by atoms with van der Waals surface area (Å²) < 4.78 is 0. The summed E-state index contributed by atoms with van der Waals surface area (Å²) >= 11 is 0.